The number of fused-ring (bicyclic) bond motifs is 1. The Labute approximate surface area is 171 Å². The summed E-state index contributed by atoms with van der Waals surface area (Å²) in [6, 6.07) is 10.8. The van der Waals surface area contributed by atoms with Crippen LogP contribution in [0.3, 0.4) is 0 Å². The number of carbonyl (C=O) groups excluding carboxylic acids is 3. The fraction of sp³-hybridized carbons (Fsp3) is 0.227. The van der Waals surface area contributed by atoms with Crippen molar-refractivity contribution in [3.05, 3.63) is 64.7 Å². The number of aliphatic hydroxyl groups excluding tert-OH is 1. The van der Waals surface area contributed by atoms with Gasteiger partial charge in [-0.25, -0.2) is 0 Å². The Bertz CT molecular complexity index is 1070. The molecule has 2 heterocycles. The molecule has 1 saturated heterocycles. The Morgan fingerprint density at radius 1 is 1.13 bits per heavy atom. The molecule has 30 heavy (non-hydrogen) atoms. The van der Waals surface area contributed by atoms with Crippen molar-refractivity contribution in [3.63, 3.8) is 0 Å². The van der Waals surface area contributed by atoms with Crippen molar-refractivity contribution < 1.29 is 34.1 Å². The maximum atomic E-state index is 12.8. The molecule has 2 aromatic rings. The molecule has 0 bridgehead atoms. The van der Waals surface area contributed by atoms with Crippen LogP contribution in [0.15, 0.2) is 48.0 Å². The van der Waals surface area contributed by atoms with Crippen molar-refractivity contribution in [2.24, 2.45) is 0 Å². The van der Waals surface area contributed by atoms with Crippen LogP contribution in [0.5, 0.6) is 11.5 Å². The van der Waals surface area contributed by atoms with Crippen molar-refractivity contribution in [2.75, 3.05) is 13.3 Å². The van der Waals surface area contributed by atoms with Crippen LogP contribution in [-0.2, 0) is 14.4 Å². The SMILES string of the molecule is Cc1ccc(C(O)=C2C(=O)C(=O)N(CCC(=O)[O-])[C@H]2c2ccc3c(c2)OCO3)cc1. The lowest BCUT2D eigenvalue weighted by atomic mass is 9.94. The number of aliphatic carboxylic acids is 1. The minimum absolute atomic E-state index is 0.0486. The second-order valence-corrected chi connectivity index (χ2v) is 7.09. The van der Waals surface area contributed by atoms with Crippen LogP contribution in [0.4, 0.5) is 0 Å². The van der Waals surface area contributed by atoms with Crippen LogP contribution in [0.25, 0.3) is 5.76 Å². The molecule has 1 fully saturated rings. The number of benzene rings is 2. The summed E-state index contributed by atoms with van der Waals surface area (Å²) < 4.78 is 10.7. The van der Waals surface area contributed by atoms with Crippen LogP contribution >= 0.6 is 0 Å². The molecule has 2 aliphatic rings. The monoisotopic (exact) mass is 408 g/mol. The van der Waals surface area contributed by atoms with Gasteiger partial charge in [-0.2, -0.15) is 0 Å². The second-order valence-electron chi connectivity index (χ2n) is 7.09. The van der Waals surface area contributed by atoms with Gasteiger partial charge >= 0.3 is 0 Å². The first-order valence-corrected chi connectivity index (χ1v) is 9.31. The van der Waals surface area contributed by atoms with E-state index in [1.165, 1.54) is 0 Å². The molecule has 0 unspecified atom stereocenters. The number of amides is 1. The van der Waals surface area contributed by atoms with Crippen molar-refractivity contribution in [2.45, 2.75) is 19.4 Å². The predicted octanol–water partition coefficient (Wildman–Crippen LogP) is 1.29. The van der Waals surface area contributed by atoms with E-state index in [-0.39, 0.29) is 24.7 Å². The van der Waals surface area contributed by atoms with E-state index in [4.69, 9.17) is 9.47 Å². The van der Waals surface area contributed by atoms with Gasteiger partial charge in [-0.3, -0.25) is 9.59 Å². The third-order valence-electron chi connectivity index (χ3n) is 5.13. The summed E-state index contributed by atoms with van der Waals surface area (Å²) >= 11 is 0. The number of likely N-dealkylation sites (tertiary alicyclic amines) is 1. The van der Waals surface area contributed by atoms with Gasteiger partial charge in [0.2, 0.25) is 6.79 Å². The maximum Gasteiger partial charge on any atom is 0.295 e. The Morgan fingerprint density at radius 2 is 1.83 bits per heavy atom. The topological polar surface area (TPSA) is 116 Å². The molecule has 0 saturated carbocycles. The fourth-order valence-electron chi connectivity index (χ4n) is 3.62. The Kier molecular flexibility index (Phi) is 4.91. The highest BCUT2D eigenvalue weighted by Crippen LogP contribution is 2.42. The summed E-state index contributed by atoms with van der Waals surface area (Å²) in [7, 11) is 0. The van der Waals surface area contributed by atoms with E-state index in [0.29, 0.717) is 22.6 Å². The summed E-state index contributed by atoms with van der Waals surface area (Å²) in [5.41, 5.74) is 1.73. The highest BCUT2D eigenvalue weighted by molar-refractivity contribution is 6.46. The second kappa shape index (κ2) is 7.55. The van der Waals surface area contributed by atoms with E-state index >= 15 is 0 Å². The van der Waals surface area contributed by atoms with Crippen LogP contribution in [0.2, 0.25) is 0 Å². The van der Waals surface area contributed by atoms with Crippen molar-refractivity contribution in [1.82, 2.24) is 4.90 Å². The molecule has 1 N–H and O–H groups in total. The maximum absolute atomic E-state index is 12.8. The minimum atomic E-state index is -1.35. The van der Waals surface area contributed by atoms with Crippen LogP contribution in [-0.4, -0.2) is 41.0 Å². The first-order valence-electron chi connectivity index (χ1n) is 9.31. The van der Waals surface area contributed by atoms with E-state index < -0.39 is 30.1 Å². The van der Waals surface area contributed by atoms with Crippen LogP contribution in [0, 0.1) is 6.92 Å². The molecule has 0 aromatic heterocycles. The van der Waals surface area contributed by atoms with Gasteiger partial charge in [-0.05, 0) is 24.6 Å². The normalized spacial score (nSPS) is 19.4. The Hall–Kier alpha value is -3.81. The van der Waals surface area contributed by atoms with Gasteiger partial charge in [0, 0.05) is 24.5 Å². The van der Waals surface area contributed by atoms with Gasteiger partial charge in [0.15, 0.2) is 11.5 Å². The summed E-state index contributed by atoms with van der Waals surface area (Å²) in [5, 5.41) is 21.9. The van der Waals surface area contributed by atoms with Gasteiger partial charge in [0.1, 0.15) is 5.76 Å². The lowest BCUT2D eigenvalue weighted by Gasteiger charge is -2.25. The molecule has 4 rings (SSSR count). The van der Waals surface area contributed by atoms with Gasteiger partial charge in [-0.1, -0.05) is 35.9 Å². The molecule has 8 nitrogen and oxygen atoms in total. The number of Topliss-reactive ketones (excluding diaryl/α,β-unsaturated/α-hetero) is 1. The van der Waals surface area contributed by atoms with E-state index in [0.717, 1.165) is 10.5 Å². The molecule has 0 spiro atoms. The molecule has 0 radical (unpaired) electrons. The van der Waals surface area contributed by atoms with Crippen molar-refractivity contribution >= 4 is 23.4 Å². The molecular weight excluding hydrogens is 390 g/mol. The minimum Gasteiger partial charge on any atom is -0.550 e. The number of rotatable bonds is 5. The van der Waals surface area contributed by atoms with E-state index in [1.807, 2.05) is 6.92 Å². The molecule has 0 aliphatic carbocycles. The first-order chi connectivity index (χ1) is 14.4. The zero-order chi connectivity index (χ0) is 21.4. The highest BCUT2D eigenvalue weighted by Gasteiger charge is 2.46. The van der Waals surface area contributed by atoms with Crippen molar-refractivity contribution in [1.29, 1.82) is 0 Å². The summed E-state index contributed by atoms with van der Waals surface area (Å²) in [4.78, 5) is 37.6. The third-order valence-corrected chi connectivity index (χ3v) is 5.13. The lowest BCUT2D eigenvalue weighted by Crippen LogP contribution is -2.34. The van der Waals surface area contributed by atoms with Gasteiger partial charge in [-0.15, -0.1) is 0 Å². The number of aliphatic hydroxyl groups is 1. The number of ketones is 1. The van der Waals surface area contributed by atoms with Gasteiger partial charge < -0.3 is 29.4 Å². The number of aryl methyl sites for hydroxylation is 1. The molecule has 2 aromatic carbocycles. The van der Waals surface area contributed by atoms with E-state index in [2.05, 4.69) is 0 Å². The summed E-state index contributed by atoms with van der Waals surface area (Å²) in [5.74, 6) is -2.48. The van der Waals surface area contributed by atoms with E-state index in [1.54, 1.807) is 42.5 Å². The molecule has 2 aliphatic heterocycles. The fourth-order valence-corrected chi connectivity index (χ4v) is 3.62. The Balaban J connectivity index is 1.84. The zero-order valence-corrected chi connectivity index (χ0v) is 16.1. The number of carboxylic acids is 1. The van der Waals surface area contributed by atoms with E-state index in [9.17, 15) is 24.6 Å². The number of carbonyl (C=O) groups is 3. The van der Waals surface area contributed by atoms with Crippen molar-refractivity contribution in [3.8, 4) is 11.5 Å². The number of carboxylic acid groups (broad SMARTS) is 1. The summed E-state index contributed by atoms with van der Waals surface area (Å²) in [6.07, 6.45) is -0.446. The summed E-state index contributed by atoms with van der Waals surface area (Å²) in [6.45, 7) is 1.69. The van der Waals surface area contributed by atoms with Crippen LogP contribution < -0.4 is 14.6 Å². The molecular formula is C22H18NO7-. The standard InChI is InChI=1S/C22H19NO7/c1-12-2-4-13(5-3-12)20(26)18-19(14-6-7-15-16(10-14)30-11-29-15)23(9-8-17(24)25)22(28)21(18)27/h2-7,10,19,26H,8-9,11H2,1H3,(H,24,25)/p-1/t19-/m0/s1. The average molecular weight is 408 g/mol. The molecule has 154 valence electrons. The molecule has 1 amide bonds. The molecule has 1 atom stereocenters. The quantitative estimate of drug-likeness (QED) is 0.450. The number of hydrogen-bond acceptors (Lipinski definition) is 7. The molecule has 8 heteroatoms. The largest absolute Gasteiger partial charge is 0.550 e. The van der Waals surface area contributed by atoms with Gasteiger partial charge in [0.05, 0.1) is 11.6 Å². The highest BCUT2D eigenvalue weighted by atomic mass is 16.7. The average Bonchev–Trinajstić information content (AvgIpc) is 3.29. The predicted molar refractivity (Wildman–Crippen MR) is 102 cm³/mol. The van der Waals surface area contributed by atoms with Crippen LogP contribution in [0.1, 0.15) is 29.2 Å². The first kappa shape index (κ1) is 19.5. The number of ether oxygens (including phenoxy) is 2. The smallest absolute Gasteiger partial charge is 0.295 e. The number of nitrogens with zero attached hydrogens (tertiary/aromatic N) is 1. The van der Waals surface area contributed by atoms with Gasteiger partial charge in [0.25, 0.3) is 11.7 Å². The number of hydrogen-bond donors (Lipinski definition) is 1. The lowest BCUT2D eigenvalue weighted by molar-refractivity contribution is -0.305. The third kappa shape index (κ3) is 3.36. The zero-order valence-electron chi connectivity index (χ0n) is 16.1. The Morgan fingerprint density at radius 3 is 2.53 bits per heavy atom.